The van der Waals surface area contributed by atoms with E-state index in [2.05, 4.69) is 42.7 Å². The Bertz CT molecular complexity index is 356. The van der Waals surface area contributed by atoms with Crippen molar-refractivity contribution in [2.75, 3.05) is 13.6 Å². The van der Waals surface area contributed by atoms with E-state index in [0.717, 1.165) is 12.6 Å². The van der Waals surface area contributed by atoms with Crippen LogP contribution in [0.1, 0.15) is 35.6 Å². The smallest absolute Gasteiger partial charge is 0.0444 e. The molecule has 0 saturated heterocycles. The number of likely N-dealkylation sites (N-methyl/N-ethyl adjacent to an activating group) is 1. The van der Waals surface area contributed by atoms with E-state index in [1.807, 2.05) is 7.05 Å². The normalized spacial score (nSPS) is 17.4. The molecule has 0 spiro atoms. The number of aryl methyl sites for hydroxylation is 2. The first-order chi connectivity index (χ1) is 7.70. The fourth-order valence-electron chi connectivity index (χ4n) is 1.94. The van der Waals surface area contributed by atoms with Crippen LogP contribution in [-0.4, -0.2) is 19.6 Å². The van der Waals surface area contributed by atoms with Gasteiger partial charge < -0.3 is 10.6 Å². The van der Waals surface area contributed by atoms with Gasteiger partial charge in [-0.05, 0) is 50.4 Å². The van der Waals surface area contributed by atoms with Crippen molar-refractivity contribution in [2.45, 2.75) is 38.8 Å². The third kappa shape index (κ3) is 2.83. The van der Waals surface area contributed by atoms with Crippen molar-refractivity contribution in [3.8, 4) is 0 Å². The van der Waals surface area contributed by atoms with Crippen LogP contribution in [0.25, 0.3) is 0 Å². The van der Waals surface area contributed by atoms with Crippen LogP contribution in [0.2, 0.25) is 0 Å². The van der Waals surface area contributed by atoms with E-state index in [1.165, 1.54) is 29.5 Å². The Morgan fingerprint density at radius 2 is 2.00 bits per heavy atom. The summed E-state index contributed by atoms with van der Waals surface area (Å²) >= 11 is 0. The molecule has 1 aliphatic rings. The molecule has 0 heterocycles. The second kappa shape index (κ2) is 4.98. The standard InChI is InChI=1S/C14H22N2/c1-10-4-5-12(8-11(10)2)14(15-3)9-16-13-6-7-13/h4-5,8,13-16H,6-7,9H2,1-3H3. The van der Waals surface area contributed by atoms with Crippen LogP contribution in [0, 0.1) is 13.8 Å². The molecule has 1 aromatic carbocycles. The summed E-state index contributed by atoms with van der Waals surface area (Å²) in [6, 6.07) is 7.96. The molecule has 1 aliphatic carbocycles. The highest BCUT2D eigenvalue weighted by Gasteiger charge is 2.21. The lowest BCUT2D eigenvalue weighted by molar-refractivity contribution is 0.526. The molecule has 0 amide bonds. The van der Waals surface area contributed by atoms with Crippen molar-refractivity contribution in [3.05, 3.63) is 34.9 Å². The average Bonchev–Trinajstić information content (AvgIpc) is 3.08. The molecule has 1 saturated carbocycles. The van der Waals surface area contributed by atoms with Crippen molar-refractivity contribution >= 4 is 0 Å². The lowest BCUT2D eigenvalue weighted by Gasteiger charge is -2.18. The maximum Gasteiger partial charge on any atom is 0.0444 e. The van der Waals surface area contributed by atoms with Gasteiger partial charge in [0, 0.05) is 18.6 Å². The largest absolute Gasteiger partial charge is 0.312 e. The summed E-state index contributed by atoms with van der Waals surface area (Å²) in [6.45, 7) is 5.37. The number of nitrogens with one attached hydrogen (secondary N) is 2. The van der Waals surface area contributed by atoms with Gasteiger partial charge in [-0.3, -0.25) is 0 Å². The quantitative estimate of drug-likeness (QED) is 0.792. The zero-order chi connectivity index (χ0) is 11.5. The summed E-state index contributed by atoms with van der Waals surface area (Å²) in [5.41, 5.74) is 4.14. The van der Waals surface area contributed by atoms with Crippen LogP contribution in [0.15, 0.2) is 18.2 Å². The molecular weight excluding hydrogens is 196 g/mol. The van der Waals surface area contributed by atoms with Gasteiger partial charge in [-0.25, -0.2) is 0 Å². The summed E-state index contributed by atoms with van der Waals surface area (Å²) < 4.78 is 0. The van der Waals surface area contributed by atoms with E-state index >= 15 is 0 Å². The summed E-state index contributed by atoms with van der Waals surface area (Å²) in [4.78, 5) is 0. The zero-order valence-corrected chi connectivity index (χ0v) is 10.5. The van der Waals surface area contributed by atoms with Gasteiger partial charge in [-0.15, -0.1) is 0 Å². The van der Waals surface area contributed by atoms with E-state index in [9.17, 15) is 0 Å². The molecule has 0 radical (unpaired) electrons. The monoisotopic (exact) mass is 218 g/mol. The summed E-state index contributed by atoms with van der Waals surface area (Å²) in [6.07, 6.45) is 2.70. The highest BCUT2D eigenvalue weighted by Crippen LogP contribution is 2.21. The molecule has 0 aliphatic heterocycles. The van der Waals surface area contributed by atoms with E-state index in [4.69, 9.17) is 0 Å². The Morgan fingerprint density at radius 1 is 1.25 bits per heavy atom. The van der Waals surface area contributed by atoms with Gasteiger partial charge >= 0.3 is 0 Å². The molecule has 1 atom stereocenters. The maximum absolute atomic E-state index is 3.58. The SMILES string of the molecule is CNC(CNC1CC1)c1ccc(C)c(C)c1. The van der Waals surface area contributed by atoms with E-state index in [1.54, 1.807) is 0 Å². The lowest BCUT2D eigenvalue weighted by Crippen LogP contribution is -2.30. The third-order valence-corrected chi connectivity index (χ3v) is 3.47. The Kier molecular flexibility index (Phi) is 3.62. The zero-order valence-electron chi connectivity index (χ0n) is 10.5. The molecule has 1 aromatic rings. The maximum atomic E-state index is 3.58. The van der Waals surface area contributed by atoms with Crippen molar-refractivity contribution < 1.29 is 0 Å². The molecule has 1 fully saturated rings. The Balaban J connectivity index is 2.02. The fraction of sp³-hybridized carbons (Fsp3) is 0.571. The van der Waals surface area contributed by atoms with Gasteiger partial charge in [0.1, 0.15) is 0 Å². The number of hydrogen-bond acceptors (Lipinski definition) is 2. The van der Waals surface area contributed by atoms with Crippen LogP contribution in [0.5, 0.6) is 0 Å². The van der Waals surface area contributed by atoms with Crippen molar-refractivity contribution in [2.24, 2.45) is 0 Å². The molecule has 2 N–H and O–H groups in total. The lowest BCUT2D eigenvalue weighted by atomic mass is 10.0. The van der Waals surface area contributed by atoms with E-state index in [0.29, 0.717) is 6.04 Å². The van der Waals surface area contributed by atoms with Gasteiger partial charge in [-0.1, -0.05) is 18.2 Å². The molecular formula is C14H22N2. The van der Waals surface area contributed by atoms with Crippen LogP contribution in [-0.2, 0) is 0 Å². The fourth-order valence-corrected chi connectivity index (χ4v) is 1.94. The minimum absolute atomic E-state index is 0.430. The van der Waals surface area contributed by atoms with Gasteiger partial charge in [0.15, 0.2) is 0 Å². The third-order valence-electron chi connectivity index (χ3n) is 3.47. The van der Waals surface area contributed by atoms with Gasteiger partial charge in [0.2, 0.25) is 0 Å². The molecule has 2 nitrogen and oxygen atoms in total. The summed E-state index contributed by atoms with van der Waals surface area (Å²) in [5.74, 6) is 0. The topological polar surface area (TPSA) is 24.1 Å². The van der Waals surface area contributed by atoms with Crippen LogP contribution < -0.4 is 10.6 Å². The number of benzene rings is 1. The first-order valence-electron chi connectivity index (χ1n) is 6.18. The molecule has 2 heteroatoms. The van der Waals surface area contributed by atoms with Crippen LogP contribution in [0.4, 0.5) is 0 Å². The van der Waals surface area contributed by atoms with Gasteiger partial charge in [0.05, 0.1) is 0 Å². The summed E-state index contributed by atoms with van der Waals surface area (Å²) in [7, 11) is 2.04. The Hall–Kier alpha value is -0.860. The molecule has 0 bridgehead atoms. The molecule has 16 heavy (non-hydrogen) atoms. The molecule has 2 rings (SSSR count). The minimum atomic E-state index is 0.430. The van der Waals surface area contributed by atoms with E-state index < -0.39 is 0 Å². The van der Waals surface area contributed by atoms with Gasteiger partial charge in [-0.2, -0.15) is 0 Å². The van der Waals surface area contributed by atoms with Crippen molar-refractivity contribution in [1.29, 1.82) is 0 Å². The van der Waals surface area contributed by atoms with Crippen molar-refractivity contribution in [1.82, 2.24) is 10.6 Å². The molecule has 0 aromatic heterocycles. The van der Waals surface area contributed by atoms with Gasteiger partial charge in [0.25, 0.3) is 0 Å². The second-order valence-corrected chi connectivity index (χ2v) is 4.87. The highest BCUT2D eigenvalue weighted by atomic mass is 15.0. The number of rotatable bonds is 5. The van der Waals surface area contributed by atoms with Crippen molar-refractivity contribution in [3.63, 3.8) is 0 Å². The predicted octanol–water partition coefficient (Wildman–Crippen LogP) is 2.32. The highest BCUT2D eigenvalue weighted by molar-refractivity contribution is 5.31. The summed E-state index contributed by atoms with van der Waals surface area (Å²) in [5, 5.41) is 6.96. The van der Waals surface area contributed by atoms with E-state index in [-0.39, 0.29) is 0 Å². The Morgan fingerprint density at radius 3 is 2.56 bits per heavy atom. The Labute approximate surface area is 98.4 Å². The number of hydrogen-bond donors (Lipinski definition) is 2. The average molecular weight is 218 g/mol. The first kappa shape index (κ1) is 11.6. The molecule has 88 valence electrons. The molecule has 1 unspecified atom stereocenters. The minimum Gasteiger partial charge on any atom is -0.312 e. The van der Waals surface area contributed by atoms with Crippen LogP contribution in [0.3, 0.4) is 0 Å². The van der Waals surface area contributed by atoms with Crippen LogP contribution >= 0.6 is 0 Å². The second-order valence-electron chi connectivity index (χ2n) is 4.87. The first-order valence-corrected chi connectivity index (χ1v) is 6.18. The predicted molar refractivity (Wildman–Crippen MR) is 68.7 cm³/mol.